The van der Waals surface area contributed by atoms with Crippen molar-refractivity contribution in [2.24, 2.45) is 0 Å². The summed E-state index contributed by atoms with van der Waals surface area (Å²) >= 11 is 0. The molecule has 1 aliphatic rings. The number of hydrogen-bond donors (Lipinski definition) is 1. The van der Waals surface area contributed by atoms with Crippen LogP contribution in [0.1, 0.15) is 23.2 Å². The molecule has 0 aliphatic carbocycles. The number of amides is 1. The minimum Gasteiger partial charge on any atom is -0.497 e. The van der Waals surface area contributed by atoms with E-state index in [9.17, 15) is 4.79 Å². The molecule has 114 valence electrons. The molecule has 1 N–H and O–H groups in total. The lowest BCUT2D eigenvalue weighted by Crippen LogP contribution is -2.18. The van der Waals surface area contributed by atoms with E-state index in [-0.39, 0.29) is 5.91 Å². The number of methoxy groups -OCH3 is 1. The van der Waals surface area contributed by atoms with Crippen LogP contribution in [0, 0.1) is 0 Å². The molecule has 1 amide bonds. The highest BCUT2D eigenvalue weighted by Crippen LogP contribution is 2.21. The topological polar surface area (TPSA) is 41.6 Å². The zero-order valence-electron chi connectivity index (χ0n) is 12.7. The Bertz CT molecular complexity index is 646. The summed E-state index contributed by atoms with van der Waals surface area (Å²) in [4.78, 5) is 14.6. The molecule has 0 radical (unpaired) electrons. The van der Waals surface area contributed by atoms with Gasteiger partial charge < -0.3 is 15.0 Å². The van der Waals surface area contributed by atoms with Crippen LogP contribution >= 0.6 is 0 Å². The summed E-state index contributed by atoms with van der Waals surface area (Å²) in [6.07, 6.45) is 2.50. The van der Waals surface area contributed by atoms with Crippen LogP contribution in [-0.4, -0.2) is 26.1 Å². The van der Waals surface area contributed by atoms with Crippen molar-refractivity contribution in [2.75, 3.05) is 30.4 Å². The Morgan fingerprint density at radius 2 is 1.82 bits per heavy atom. The van der Waals surface area contributed by atoms with E-state index in [4.69, 9.17) is 4.74 Å². The molecule has 0 saturated carbocycles. The highest BCUT2D eigenvalue weighted by atomic mass is 16.5. The standard InChI is InChI=1S/C18H20N2O2/c1-22-17-6-4-5-15(13-17)19-18(21)14-7-9-16(10-8-14)20-11-2-3-12-20/h4-10,13H,2-3,11-12H2,1H3,(H,19,21). The Morgan fingerprint density at radius 1 is 1.09 bits per heavy atom. The van der Waals surface area contributed by atoms with Crippen LogP contribution in [0.2, 0.25) is 0 Å². The van der Waals surface area contributed by atoms with Crippen molar-refractivity contribution in [3.8, 4) is 5.75 Å². The first kappa shape index (κ1) is 14.4. The number of carbonyl (C=O) groups is 1. The Morgan fingerprint density at radius 3 is 2.50 bits per heavy atom. The van der Waals surface area contributed by atoms with Gasteiger partial charge >= 0.3 is 0 Å². The van der Waals surface area contributed by atoms with Crippen LogP contribution in [0.15, 0.2) is 48.5 Å². The van der Waals surface area contributed by atoms with Gasteiger partial charge in [0.25, 0.3) is 5.91 Å². The lowest BCUT2D eigenvalue weighted by Gasteiger charge is -2.17. The summed E-state index contributed by atoms with van der Waals surface area (Å²) in [6, 6.07) is 15.1. The van der Waals surface area contributed by atoms with Gasteiger partial charge in [-0.15, -0.1) is 0 Å². The molecule has 1 saturated heterocycles. The molecule has 2 aromatic rings. The number of nitrogens with zero attached hydrogens (tertiary/aromatic N) is 1. The van der Waals surface area contributed by atoms with Gasteiger partial charge in [-0.25, -0.2) is 0 Å². The highest BCUT2D eigenvalue weighted by molar-refractivity contribution is 6.04. The second-order valence-corrected chi connectivity index (χ2v) is 5.43. The molecule has 3 rings (SSSR count). The Hall–Kier alpha value is -2.49. The molecule has 22 heavy (non-hydrogen) atoms. The van der Waals surface area contributed by atoms with Crippen LogP contribution in [0.25, 0.3) is 0 Å². The van der Waals surface area contributed by atoms with E-state index in [1.165, 1.54) is 18.5 Å². The third kappa shape index (κ3) is 3.22. The van der Waals surface area contributed by atoms with Gasteiger partial charge in [-0.05, 0) is 49.2 Å². The van der Waals surface area contributed by atoms with E-state index in [2.05, 4.69) is 10.2 Å². The van der Waals surface area contributed by atoms with Crippen LogP contribution in [0.4, 0.5) is 11.4 Å². The van der Waals surface area contributed by atoms with E-state index in [1.54, 1.807) is 13.2 Å². The predicted molar refractivity (Wildman–Crippen MR) is 88.8 cm³/mol. The van der Waals surface area contributed by atoms with Gasteiger partial charge in [-0.3, -0.25) is 4.79 Å². The molecule has 0 bridgehead atoms. The van der Waals surface area contributed by atoms with Crippen LogP contribution in [0.5, 0.6) is 5.75 Å². The van der Waals surface area contributed by atoms with Crippen molar-refractivity contribution in [3.05, 3.63) is 54.1 Å². The van der Waals surface area contributed by atoms with Gasteiger partial charge in [0.15, 0.2) is 0 Å². The first-order valence-electron chi connectivity index (χ1n) is 7.57. The van der Waals surface area contributed by atoms with E-state index >= 15 is 0 Å². The second kappa shape index (κ2) is 6.52. The molecule has 2 aromatic carbocycles. The molecule has 1 aliphatic heterocycles. The minimum absolute atomic E-state index is 0.110. The third-order valence-electron chi connectivity index (χ3n) is 3.93. The van der Waals surface area contributed by atoms with Gasteiger partial charge in [-0.1, -0.05) is 6.07 Å². The Labute approximate surface area is 130 Å². The maximum atomic E-state index is 12.3. The molecule has 0 unspecified atom stereocenters. The quantitative estimate of drug-likeness (QED) is 0.938. The Balaban J connectivity index is 1.69. The first-order valence-corrected chi connectivity index (χ1v) is 7.57. The van der Waals surface area contributed by atoms with Gasteiger partial charge in [0.05, 0.1) is 7.11 Å². The van der Waals surface area contributed by atoms with E-state index in [0.717, 1.165) is 24.5 Å². The summed E-state index contributed by atoms with van der Waals surface area (Å²) in [6.45, 7) is 2.21. The summed E-state index contributed by atoms with van der Waals surface area (Å²) in [5.41, 5.74) is 2.58. The number of hydrogen-bond acceptors (Lipinski definition) is 3. The van der Waals surface area contributed by atoms with Crippen LogP contribution in [-0.2, 0) is 0 Å². The predicted octanol–water partition coefficient (Wildman–Crippen LogP) is 3.55. The molecule has 0 spiro atoms. The van der Waals surface area contributed by atoms with Crippen molar-refractivity contribution >= 4 is 17.3 Å². The van der Waals surface area contributed by atoms with Crippen molar-refractivity contribution in [1.29, 1.82) is 0 Å². The lowest BCUT2D eigenvalue weighted by atomic mass is 10.1. The zero-order chi connectivity index (χ0) is 15.4. The zero-order valence-corrected chi connectivity index (χ0v) is 12.7. The average molecular weight is 296 g/mol. The largest absolute Gasteiger partial charge is 0.497 e. The minimum atomic E-state index is -0.110. The van der Waals surface area contributed by atoms with Crippen molar-refractivity contribution < 1.29 is 9.53 Å². The third-order valence-corrected chi connectivity index (χ3v) is 3.93. The molecule has 0 atom stereocenters. The number of carbonyl (C=O) groups excluding carboxylic acids is 1. The fraction of sp³-hybridized carbons (Fsp3) is 0.278. The maximum absolute atomic E-state index is 12.3. The highest BCUT2D eigenvalue weighted by Gasteiger charge is 2.13. The van der Waals surface area contributed by atoms with Crippen molar-refractivity contribution in [3.63, 3.8) is 0 Å². The van der Waals surface area contributed by atoms with Gasteiger partial charge in [0.1, 0.15) is 5.75 Å². The molecule has 1 heterocycles. The SMILES string of the molecule is COc1cccc(NC(=O)c2ccc(N3CCCC3)cc2)c1. The fourth-order valence-corrected chi connectivity index (χ4v) is 2.70. The number of anilines is 2. The van der Waals surface area contributed by atoms with Gasteiger partial charge in [-0.2, -0.15) is 0 Å². The summed E-state index contributed by atoms with van der Waals surface area (Å²) in [7, 11) is 1.61. The van der Waals surface area contributed by atoms with E-state index in [1.807, 2.05) is 42.5 Å². The lowest BCUT2D eigenvalue weighted by molar-refractivity contribution is 0.102. The second-order valence-electron chi connectivity index (χ2n) is 5.43. The van der Waals surface area contributed by atoms with Crippen LogP contribution < -0.4 is 15.0 Å². The van der Waals surface area contributed by atoms with E-state index < -0.39 is 0 Å². The maximum Gasteiger partial charge on any atom is 0.255 e. The van der Waals surface area contributed by atoms with E-state index in [0.29, 0.717) is 5.56 Å². The molecular formula is C18H20N2O2. The summed E-state index contributed by atoms with van der Waals surface area (Å²) in [5, 5.41) is 2.89. The van der Waals surface area contributed by atoms with Gasteiger partial charge in [0.2, 0.25) is 0 Å². The normalized spacial score (nSPS) is 14.0. The molecule has 1 fully saturated rings. The molecule has 4 heteroatoms. The summed E-state index contributed by atoms with van der Waals surface area (Å²) in [5.74, 6) is 0.614. The van der Waals surface area contributed by atoms with Crippen LogP contribution in [0.3, 0.4) is 0 Å². The number of ether oxygens (including phenoxy) is 1. The number of rotatable bonds is 4. The smallest absolute Gasteiger partial charge is 0.255 e. The fourth-order valence-electron chi connectivity index (χ4n) is 2.70. The number of nitrogens with one attached hydrogen (secondary N) is 1. The monoisotopic (exact) mass is 296 g/mol. The van der Waals surface area contributed by atoms with Gasteiger partial charge in [0, 0.05) is 36.1 Å². The summed E-state index contributed by atoms with van der Waals surface area (Å²) < 4.78 is 5.16. The molecule has 4 nitrogen and oxygen atoms in total. The first-order chi connectivity index (χ1) is 10.8. The average Bonchev–Trinajstić information content (AvgIpc) is 3.09. The Kier molecular flexibility index (Phi) is 4.28. The van der Waals surface area contributed by atoms with Crippen molar-refractivity contribution in [1.82, 2.24) is 0 Å². The van der Waals surface area contributed by atoms with Crippen molar-refractivity contribution in [2.45, 2.75) is 12.8 Å². The molecule has 0 aromatic heterocycles. The number of benzene rings is 2. The molecular weight excluding hydrogens is 276 g/mol.